The van der Waals surface area contributed by atoms with Crippen LogP contribution in [-0.4, -0.2) is 32.3 Å². The molecule has 1 unspecified atom stereocenters. The molecule has 1 heterocycles. The van der Waals surface area contributed by atoms with E-state index < -0.39 is 0 Å². The summed E-state index contributed by atoms with van der Waals surface area (Å²) in [6.45, 7) is 2.67. The topological polar surface area (TPSA) is 60.1 Å². The molecule has 2 rings (SSSR count). The van der Waals surface area contributed by atoms with E-state index in [-0.39, 0.29) is 12.0 Å². The van der Waals surface area contributed by atoms with Crippen molar-refractivity contribution in [3.63, 3.8) is 0 Å². The maximum Gasteiger partial charge on any atom is 0.221 e. The van der Waals surface area contributed by atoms with Crippen molar-refractivity contribution in [1.82, 2.24) is 0 Å². The van der Waals surface area contributed by atoms with Crippen LogP contribution in [-0.2, 0) is 9.53 Å². The van der Waals surface area contributed by atoms with Crippen LogP contribution in [0.3, 0.4) is 0 Å². The van der Waals surface area contributed by atoms with E-state index in [4.69, 9.17) is 14.2 Å². The van der Waals surface area contributed by atoms with Gasteiger partial charge in [0.05, 0.1) is 13.7 Å². The average Bonchev–Trinajstić information content (AvgIpc) is 3.10. The van der Waals surface area contributed by atoms with Crippen LogP contribution in [0.1, 0.15) is 6.92 Å². The van der Waals surface area contributed by atoms with Gasteiger partial charge in [-0.05, 0) is 12.1 Å². The van der Waals surface area contributed by atoms with Gasteiger partial charge in [-0.15, -0.1) is 0 Å². The van der Waals surface area contributed by atoms with Gasteiger partial charge in [-0.3, -0.25) is 4.79 Å². The van der Waals surface area contributed by atoms with Gasteiger partial charge in [0, 0.05) is 6.92 Å². The highest BCUT2D eigenvalue weighted by molar-refractivity contribution is 5.92. The minimum absolute atomic E-state index is 0.165. The van der Waals surface area contributed by atoms with Crippen molar-refractivity contribution in [3.8, 4) is 11.5 Å². The predicted molar refractivity (Wildman–Crippen MR) is 62.5 cm³/mol. The van der Waals surface area contributed by atoms with Crippen molar-refractivity contribution < 1.29 is 19.0 Å². The number of carbonyl (C=O) groups is 1. The van der Waals surface area contributed by atoms with Gasteiger partial charge in [-0.1, -0.05) is 6.07 Å². The van der Waals surface area contributed by atoms with E-state index in [2.05, 4.69) is 5.32 Å². The van der Waals surface area contributed by atoms with Crippen LogP contribution >= 0.6 is 0 Å². The molecule has 1 saturated heterocycles. The Balaban J connectivity index is 2.17. The fourth-order valence-corrected chi connectivity index (χ4v) is 1.45. The highest BCUT2D eigenvalue weighted by atomic mass is 16.6. The van der Waals surface area contributed by atoms with E-state index in [1.165, 1.54) is 6.92 Å². The monoisotopic (exact) mass is 237 g/mol. The molecule has 92 valence electrons. The Morgan fingerprint density at radius 3 is 2.82 bits per heavy atom. The van der Waals surface area contributed by atoms with Crippen molar-refractivity contribution in [2.24, 2.45) is 0 Å². The number of nitrogens with one attached hydrogen (secondary N) is 1. The van der Waals surface area contributed by atoms with Gasteiger partial charge in [0.2, 0.25) is 5.91 Å². The highest BCUT2D eigenvalue weighted by Gasteiger charge is 2.24. The van der Waals surface area contributed by atoms with Gasteiger partial charge in [0.1, 0.15) is 29.9 Å². The van der Waals surface area contributed by atoms with Crippen LogP contribution < -0.4 is 14.8 Å². The van der Waals surface area contributed by atoms with Gasteiger partial charge in [-0.2, -0.15) is 0 Å². The van der Waals surface area contributed by atoms with Crippen LogP contribution in [0.5, 0.6) is 11.5 Å². The summed E-state index contributed by atoms with van der Waals surface area (Å²) < 4.78 is 15.8. The molecule has 1 aromatic carbocycles. The van der Waals surface area contributed by atoms with E-state index in [0.717, 1.165) is 6.61 Å². The normalized spacial score (nSPS) is 17.4. The molecule has 1 aliphatic rings. The van der Waals surface area contributed by atoms with Crippen molar-refractivity contribution in [3.05, 3.63) is 18.2 Å². The average molecular weight is 237 g/mol. The summed E-state index contributed by atoms with van der Waals surface area (Å²) in [6, 6.07) is 5.37. The maximum absolute atomic E-state index is 11.1. The Hall–Kier alpha value is -1.75. The number of ether oxygens (including phenoxy) is 3. The van der Waals surface area contributed by atoms with E-state index in [9.17, 15) is 4.79 Å². The zero-order chi connectivity index (χ0) is 12.3. The van der Waals surface area contributed by atoms with Crippen LogP contribution in [0.15, 0.2) is 18.2 Å². The zero-order valence-corrected chi connectivity index (χ0v) is 9.86. The van der Waals surface area contributed by atoms with E-state index in [0.29, 0.717) is 23.8 Å². The quantitative estimate of drug-likeness (QED) is 0.787. The molecule has 0 spiro atoms. The maximum atomic E-state index is 11.1. The number of anilines is 1. The summed E-state index contributed by atoms with van der Waals surface area (Å²) in [5, 5.41) is 2.71. The molecule has 17 heavy (non-hydrogen) atoms. The fourth-order valence-electron chi connectivity index (χ4n) is 1.45. The summed E-state index contributed by atoms with van der Waals surface area (Å²) in [6.07, 6.45) is 0.173. The second-order valence-electron chi connectivity index (χ2n) is 3.78. The van der Waals surface area contributed by atoms with E-state index in [1.807, 2.05) is 6.07 Å². The van der Waals surface area contributed by atoms with Crippen molar-refractivity contribution in [2.75, 3.05) is 25.6 Å². The third kappa shape index (κ3) is 3.10. The minimum Gasteiger partial charge on any atom is -0.494 e. The molecular formula is C12H15NO4. The number of hydrogen-bond acceptors (Lipinski definition) is 4. The molecule has 5 nitrogen and oxygen atoms in total. The van der Waals surface area contributed by atoms with Crippen molar-refractivity contribution in [2.45, 2.75) is 13.0 Å². The summed E-state index contributed by atoms with van der Waals surface area (Å²) in [5.74, 6) is 1.01. The molecule has 1 fully saturated rings. The molecule has 1 atom stereocenters. The van der Waals surface area contributed by atoms with Crippen molar-refractivity contribution in [1.29, 1.82) is 0 Å². The molecule has 1 N–H and O–H groups in total. The Kier molecular flexibility index (Phi) is 3.49. The van der Waals surface area contributed by atoms with Crippen molar-refractivity contribution >= 4 is 11.6 Å². The Bertz CT molecular complexity index is 415. The number of hydrogen-bond donors (Lipinski definition) is 1. The number of methoxy groups -OCH3 is 1. The number of amides is 1. The van der Waals surface area contributed by atoms with E-state index >= 15 is 0 Å². The summed E-state index contributed by atoms with van der Waals surface area (Å²) in [5.41, 5.74) is 0.558. The smallest absolute Gasteiger partial charge is 0.221 e. The zero-order valence-electron chi connectivity index (χ0n) is 9.86. The van der Waals surface area contributed by atoms with Crippen LogP contribution in [0.2, 0.25) is 0 Å². The Labute approximate surface area is 99.7 Å². The first-order valence-corrected chi connectivity index (χ1v) is 5.39. The highest BCUT2D eigenvalue weighted by Crippen LogP contribution is 2.34. The van der Waals surface area contributed by atoms with Gasteiger partial charge in [0.25, 0.3) is 0 Å². The first kappa shape index (κ1) is 11.7. The third-order valence-corrected chi connectivity index (χ3v) is 2.34. The first-order chi connectivity index (χ1) is 8.20. The lowest BCUT2D eigenvalue weighted by Gasteiger charge is -2.14. The number of para-hydroxylation sites is 1. The van der Waals surface area contributed by atoms with Crippen LogP contribution in [0, 0.1) is 0 Å². The van der Waals surface area contributed by atoms with Gasteiger partial charge >= 0.3 is 0 Å². The summed E-state index contributed by atoms with van der Waals surface area (Å²) in [7, 11) is 1.55. The SMILES string of the molecule is COc1cccc(OCC2CO2)c1NC(C)=O. The lowest BCUT2D eigenvalue weighted by Crippen LogP contribution is -2.11. The summed E-state index contributed by atoms with van der Waals surface area (Å²) in [4.78, 5) is 11.1. The molecule has 5 heteroatoms. The predicted octanol–water partition coefficient (Wildman–Crippen LogP) is 1.43. The van der Waals surface area contributed by atoms with E-state index in [1.54, 1.807) is 19.2 Å². The molecule has 0 saturated carbocycles. The standard InChI is InChI=1S/C12H15NO4/c1-8(14)13-12-10(15-2)4-3-5-11(12)17-7-9-6-16-9/h3-5,9H,6-7H2,1-2H3,(H,13,14). The number of benzene rings is 1. The fraction of sp³-hybridized carbons (Fsp3) is 0.417. The molecule has 1 aromatic rings. The van der Waals surface area contributed by atoms with Gasteiger partial charge < -0.3 is 19.5 Å². The van der Waals surface area contributed by atoms with Gasteiger partial charge in [0.15, 0.2) is 0 Å². The third-order valence-electron chi connectivity index (χ3n) is 2.34. The Morgan fingerprint density at radius 2 is 2.24 bits per heavy atom. The Morgan fingerprint density at radius 1 is 1.53 bits per heavy atom. The number of epoxide rings is 1. The lowest BCUT2D eigenvalue weighted by molar-refractivity contribution is -0.114. The molecule has 0 aliphatic carbocycles. The molecule has 1 aliphatic heterocycles. The van der Waals surface area contributed by atoms with Crippen LogP contribution in [0.4, 0.5) is 5.69 Å². The second-order valence-corrected chi connectivity index (χ2v) is 3.78. The largest absolute Gasteiger partial charge is 0.494 e. The van der Waals surface area contributed by atoms with Crippen LogP contribution in [0.25, 0.3) is 0 Å². The first-order valence-electron chi connectivity index (χ1n) is 5.39. The molecule has 1 amide bonds. The number of carbonyl (C=O) groups excluding carboxylic acids is 1. The summed E-state index contributed by atoms with van der Waals surface area (Å²) >= 11 is 0. The minimum atomic E-state index is -0.165. The lowest BCUT2D eigenvalue weighted by atomic mass is 10.2. The number of rotatable bonds is 5. The van der Waals surface area contributed by atoms with Gasteiger partial charge in [-0.25, -0.2) is 0 Å². The molecule has 0 radical (unpaired) electrons. The molecule has 0 bridgehead atoms. The second kappa shape index (κ2) is 5.05. The molecular weight excluding hydrogens is 222 g/mol. The molecule has 0 aromatic heterocycles.